The Bertz CT molecular complexity index is 1020. The first kappa shape index (κ1) is 16.7. The van der Waals surface area contributed by atoms with Gasteiger partial charge < -0.3 is 15.1 Å². The van der Waals surface area contributed by atoms with Crippen molar-refractivity contribution < 1.29 is 13.5 Å². The van der Waals surface area contributed by atoms with Gasteiger partial charge in [-0.1, -0.05) is 23.7 Å². The Hall–Kier alpha value is -2.13. The number of H-pyrrole nitrogens is 2. The van der Waals surface area contributed by atoms with Crippen LogP contribution in [0, 0.1) is 0 Å². The highest BCUT2D eigenvalue weighted by Gasteiger charge is 2.17. The van der Waals surface area contributed by atoms with E-state index in [1.807, 2.05) is 0 Å². The number of imidazole rings is 1. The largest absolute Gasteiger partial charge is 0.387 e. The first-order valence-electron chi connectivity index (χ1n) is 7.00. The average molecular weight is 368 g/mol. The maximum atomic E-state index is 12.3. The lowest BCUT2D eigenvalue weighted by Crippen LogP contribution is -2.28. The van der Waals surface area contributed by atoms with Crippen LogP contribution in [-0.4, -0.2) is 30.0 Å². The fourth-order valence-electron chi connectivity index (χ4n) is 2.25. The molecule has 0 aliphatic rings. The number of aromatic nitrogens is 2. The second-order valence-electron chi connectivity index (χ2n) is 5.21. The van der Waals surface area contributed by atoms with Crippen LogP contribution in [0.15, 0.2) is 52.2 Å². The van der Waals surface area contributed by atoms with E-state index in [0.29, 0.717) is 21.6 Å². The number of benzene rings is 2. The SMILES string of the molecule is O=c1[nH]c2ccc(S(=O)(=O)NCC(O)c3ccc(Cl)cc3)cc2[nH]1. The van der Waals surface area contributed by atoms with Crippen molar-refractivity contribution >= 4 is 32.7 Å². The summed E-state index contributed by atoms with van der Waals surface area (Å²) in [6.45, 7) is -0.189. The fraction of sp³-hybridized carbons (Fsp3) is 0.133. The monoisotopic (exact) mass is 367 g/mol. The van der Waals surface area contributed by atoms with E-state index < -0.39 is 21.8 Å². The number of fused-ring (bicyclic) bond motifs is 1. The first-order valence-corrected chi connectivity index (χ1v) is 8.86. The molecule has 0 fully saturated rings. The number of hydrogen-bond acceptors (Lipinski definition) is 4. The molecule has 0 aliphatic carbocycles. The van der Waals surface area contributed by atoms with Gasteiger partial charge in [0.15, 0.2) is 0 Å². The van der Waals surface area contributed by atoms with E-state index in [4.69, 9.17) is 11.6 Å². The van der Waals surface area contributed by atoms with Gasteiger partial charge in [-0.3, -0.25) is 0 Å². The van der Waals surface area contributed by atoms with Crippen molar-refractivity contribution in [1.82, 2.24) is 14.7 Å². The van der Waals surface area contributed by atoms with Crippen LogP contribution in [0.4, 0.5) is 0 Å². The van der Waals surface area contributed by atoms with Gasteiger partial charge in [-0.15, -0.1) is 0 Å². The van der Waals surface area contributed by atoms with Gasteiger partial charge >= 0.3 is 5.69 Å². The molecule has 24 heavy (non-hydrogen) atoms. The Balaban J connectivity index is 1.77. The van der Waals surface area contributed by atoms with Crippen molar-refractivity contribution in [3.05, 3.63) is 63.5 Å². The third kappa shape index (κ3) is 3.51. The number of nitrogens with one attached hydrogen (secondary N) is 3. The quantitative estimate of drug-likeness (QED) is 0.547. The zero-order valence-electron chi connectivity index (χ0n) is 12.3. The third-order valence-corrected chi connectivity index (χ3v) is 5.19. The third-order valence-electron chi connectivity index (χ3n) is 3.52. The van der Waals surface area contributed by atoms with Crippen LogP contribution in [0.3, 0.4) is 0 Å². The predicted molar refractivity (Wildman–Crippen MR) is 90.5 cm³/mol. The molecule has 0 amide bonds. The fourth-order valence-corrected chi connectivity index (χ4v) is 3.44. The smallest absolute Gasteiger partial charge is 0.323 e. The summed E-state index contributed by atoms with van der Waals surface area (Å²) in [6, 6.07) is 10.7. The normalized spacial score (nSPS) is 13.2. The Morgan fingerprint density at radius 2 is 1.75 bits per heavy atom. The number of halogens is 1. The van der Waals surface area contributed by atoms with Crippen molar-refractivity contribution in [2.75, 3.05) is 6.54 Å². The molecule has 1 aromatic heterocycles. The van der Waals surface area contributed by atoms with Crippen molar-refractivity contribution in [3.8, 4) is 0 Å². The molecule has 0 saturated heterocycles. The maximum absolute atomic E-state index is 12.3. The summed E-state index contributed by atoms with van der Waals surface area (Å²) in [5.41, 5.74) is 1.04. The molecule has 4 N–H and O–H groups in total. The van der Waals surface area contributed by atoms with Crippen LogP contribution in [0.1, 0.15) is 11.7 Å². The molecule has 0 bridgehead atoms. The van der Waals surface area contributed by atoms with Gasteiger partial charge in [-0.05, 0) is 35.9 Å². The molecule has 2 aromatic carbocycles. The summed E-state index contributed by atoms with van der Waals surface area (Å²) in [5, 5.41) is 10.6. The number of aromatic amines is 2. The Labute approximate surface area is 142 Å². The molecule has 0 saturated carbocycles. The summed E-state index contributed by atoms with van der Waals surface area (Å²) in [7, 11) is -3.83. The topological polar surface area (TPSA) is 115 Å². The lowest BCUT2D eigenvalue weighted by atomic mass is 10.1. The summed E-state index contributed by atoms with van der Waals surface area (Å²) in [4.78, 5) is 16.3. The second-order valence-corrected chi connectivity index (χ2v) is 7.41. The minimum Gasteiger partial charge on any atom is -0.387 e. The van der Waals surface area contributed by atoms with Crippen LogP contribution in [-0.2, 0) is 10.0 Å². The van der Waals surface area contributed by atoms with E-state index in [0.717, 1.165) is 0 Å². The molecule has 126 valence electrons. The summed E-state index contributed by atoms with van der Waals surface area (Å²) >= 11 is 5.77. The van der Waals surface area contributed by atoms with Crippen LogP contribution >= 0.6 is 11.6 Å². The van der Waals surface area contributed by atoms with Crippen LogP contribution in [0.2, 0.25) is 5.02 Å². The first-order chi connectivity index (χ1) is 11.3. The molecular formula is C15H14ClN3O4S. The molecule has 1 unspecified atom stereocenters. The number of aliphatic hydroxyl groups excluding tert-OH is 1. The molecule has 3 rings (SSSR count). The zero-order chi connectivity index (χ0) is 17.3. The van der Waals surface area contributed by atoms with E-state index in [1.165, 1.54) is 18.2 Å². The van der Waals surface area contributed by atoms with Gasteiger partial charge in [0.05, 0.1) is 22.0 Å². The highest BCUT2D eigenvalue weighted by Crippen LogP contribution is 2.18. The lowest BCUT2D eigenvalue weighted by Gasteiger charge is -2.13. The van der Waals surface area contributed by atoms with E-state index in [9.17, 15) is 18.3 Å². The Kier molecular flexibility index (Phi) is 4.46. The van der Waals surface area contributed by atoms with Gasteiger partial charge in [0.25, 0.3) is 0 Å². The molecule has 1 heterocycles. The van der Waals surface area contributed by atoms with Crippen LogP contribution < -0.4 is 10.4 Å². The Morgan fingerprint density at radius 3 is 2.46 bits per heavy atom. The van der Waals surface area contributed by atoms with Gasteiger partial charge in [-0.25, -0.2) is 17.9 Å². The van der Waals surface area contributed by atoms with Gasteiger partial charge in [0.2, 0.25) is 10.0 Å². The Morgan fingerprint density at radius 1 is 1.08 bits per heavy atom. The molecule has 0 spiro atoms. The average Bonchev–Trinajstić information content (AvgIpc) is 2.92. The second kappa shape index (κ2) is 6.40. The molecule has 0 radical (unpaired) electrons. The van der Waals surface area contributed by atoms with Crippen molar-refractivity contribution in [2.45, 2.75) is 11.0 Å². The molecule has 0 aliphatic heterocycles. The zero-order valence-corrected chi connectivity index (χ0v) is 13.9. The minimum absolute atomic E-state index is 0.00597. The standard InChI is InChI=1S/C15H14ClN3O4S/c16-10-3-1-9(2-4-10)14(20)8-17-24(22,23)11-5-6-12-13(7-11)19-15(21)18-12/h1-7,14,17,20H,8H2,(H2,18,19,21). The summed E-state index contributed by atoms with van der Waals surface area (Å²) < 4.78 is 27.0. The summed E-state index contributed by atoms with van der Waals surface area (Å²) in [6.07, 6.45) is -1.01. The van der Waals surface area contributed by atoms with Gasteiger partial charge in [0, 0.05) is 11.6 Å². The highest BCUT2D eigenvalue weighted by atomic mass is 35.5. The van der Waals surface area contributed by atoms with Crippen molar-refractivity contribution in [3.63, 3.8) is 0 Å². The van der Waals surface area contributed by atoms with E-state index in [1.54, 1.807) is 24.3 Å². The summed E-state index contributed by atoms with van der Waals surface area (Å²) in [5.74, 6) is 0. The number of sulfonamides is 1. The molecule has 1 atom stereocenters. The molecular weight excluding hydrogens is 354 g/mol. The van der Waals surface area contributed by atoms with Crippen LogP contribution in [0.5, 0.6) is 0 Å². The van der Waals surface area contributed by atoms with Crippen LogP contribution in [0.25, 0.3) is 11.0 Å². The molecule has 7 nitrogen and oxygen atoms in total. The van der Waals surface area contributed by atoms with Crippen molar-refractivity contribution in [2.24, 2.45) is 0 Å². The predicted octanol–water partition coefficient (Wildman–Crippen LogP) is 1.52. The molecule has 3 aromatic rings. The van der Waals surface area contributed by atoms with E-state index >= 15 is 0 Å². The van der Waals surface area contributed by atoms with Gasteiger partial charge in [0.1, 0.15) is 0 Å². The minimum atomic E-state index is -3.83. The van der Waals surface area contributed by atoms with Gasteiger partial charge in [-0.2, -0.15) is 0 Å². The maximum Gasteiger partial charge on any atom is 0.323 e. The highest BCUT2D eigenvalue weighted by molar-refractivity contribution is 7.89. The number of aliphatic hydroxyl groups is 1. The van der Waals surface area contributed by atoms with Crippen molar-refractivity contribution in [1.29, 1.82) is 0 Å². The van der Waals surface area contributed by atoms with E-state index in [2.05, 4.69) is 14.7 Å². The number of rotatable bonds is 5. The number of hydrogen-bond donors (Lipinski definition) is 4. The molecule has 9 heteroatoms. The lowest BCUT2D eigenvalue weighted by molar-refractivity contribution is 0.182. The van der Waals surface area contributed by atoms with E-state index in [-0.39, 0.29) is 11.4 Å².